The van der Waals surface area contributed by atoms with Gasteiger partial charge in [-0.25, -0.2) is 4.98 Å². The Bertz CT molecular complexity index is 697. The lowest BCUT2D eigenvalue weighted by Crippen LogP contribution is -2.37. The topological polar surface area (TPSA) is 80.0 Å². The summed E-state index contributed by atoms with van der Waals surface area (Å²) in [6, 6.07) is 0. The number of thiazole rings is 1. The first-order valence-electron chi connectivity index (χ1n) is 8.45. The molecule has 7 nitrogen and oxygen atoms in total. The fraction of sp³-hybridized carbons (Fsp3) is 0.625. The summed E-state index contributed by atoms with van der Waals surface area (Å²) in [6.45, 7) is 6.46. The average molecular weight is 347 g/mol. The van der Waals surface area contributed by atoms with E-state index in [1.807, 2.05) is 6.92 Å². The number of nitrogens with zero attached hydrogens (tertiary/aromatic N) is 5. The minimum atomic E-state index is 0.628. The molecule has 1 aliphatic rings. The third kappa shape index (κ3) is 3.92. The largest absolute Gasteiger partial charge is 0.350 e. The van der Waals surface area contributed by atoms with E-state index in [9.17, 15) is 0 Å². The number of hydrogen-bond donors (Lipinski definition) is 2. The van der Waals surface area contributed by atoms with Crippen LogP contribution in [0, 0.1) is 13.8 Å². The van der Waals surface area contributed by atoms with Gasteiger partial charge in [0.25, 0.3) is 0 Å². The summed E-state index contributed by atoms with van der Waals surface area (Å²) in [7, 11) is 1.78. The average Bonchev–Trinajstić information content (AvgIpc) is 3.01. The van der Waals surface area contributed by atoms with Gasteiger partial charge in [0.1, 0.15) is 10.8 Å². The Morgan fingerprint density at radius 3 is 2.75 bits per heavy atom. The van der Waals surface area contributed by atoms with Crippen LogP contribution in [0.3, 0.4) is 0 Å². The molecule has 0 amide bonds. The molecule has 8 heteroatoms. The van der Waals surface area contributed by atoms with Crippen LogP contribution in [0.5, 0.6) is 0 Å². The van der Waals surface area contributed by atoms with Gasteiger partial charge in [-0.15, -0.1) is 21.5 Å². The number of aliphatic imine (C=N–C) groups is 1. The molecule has 0 spiro atoms. The molecule has 0 aromatic carbocycles. The second kappa shape index (κ2) is 7.74. The van der Waals surface area contributed by atoms with Gasteiger partial charge >= 0.3 is 0 Å². The van der Waals surface area contributed by atoms with Gasteiger partial charge < -0.3 is 15.2 Å². The molecule has 24 heavy (non-hydrogen) atoms. The van der Waals surface area contributed by atoms with Crippen molar-refractivity contribution in [2.24, 2.45) is 4.99 Å². The quantitative estimate of drug-likeness (QED) is 0.653. The van der Waals surface area contributed by atoms with Gasteiger partial charge in [-0.3, -0.25) is 4.99 Å². The molecule has 2 aromatic heterocycles. The van der Waals surface area contributed by atoms with Gasteiger partial charge in [-0.05, 0) is 26.7 Å². The van der Waals surface area contributed by atoms with E-state index in [0.29, 0.717) is 13.1 Å². The number of aromatic nitrogens is 4. The van der Waals surface area contributed by atoms with Crippen LogP contribution < -0.4 is 10.6 Å². The first kappa shape index (κ1) is 16.9. The molecule has 0 unspecified atom stereocenters. The predicted octanol–water partition coefficient (Wildman–Crippen LogP) is 1.94. The first-order chi connectivity index (χ1) is 11.7. The van der Waals surface area contributed by atoms with Crippen molar-refractivity contribution in [3.05, 3.63) is 27.2 Å². The third-order valence-corrected chi connectivity index (χ3v) is 5.38. The van der Waals surface area contributed by atoms with Crippen LogP contribution in [0.4, 0.5) is 0 Å². The number of aryl methyl sites for hydroxylation is 3. The van der Waals surface area contributed by atoms with Gasteiger partial charge in [0, 0.05) is 24.9 Å². The molecule has 0 radical (unpaired) electrons. The Morgan fingerprint density at radius 1 is 1.17 bits per heavy atom. The molecule has 0 atom stereocenters. The van der Waals surface area contributed by atoms with E-state index < -0.39 is 0 Å². The van der Waals surface area contributed by atoms with Crippen LogP contribution in [0.15, 0.2) is 4.99 Å². The highest BCUT2D eigenvalue weighted by Gasteiger charge is 2.14. The molecular weight excluding hydrogens is 322 g/mol. The van der Waals surface area contributed by atoms with Gasteiger partial charge in [-0.1, -0.05) is 6.42 Å². The monoisotopic (exact) mass is 347 g/mol. The predicted molar refractivity (Wildman–Crippen MR) is 96.2 cm³/mol. The van der Waals surface area contributed by atoms with Crippen LogP contribution in [0.25, 0.3) is 0 Å². The van der Waals surface area contributed by atoms with Crippen LogP contribution in [-0.2, 0) is 26.1 Å². The molecule has 0 aliphatic carbocycles. The Labute approximate surface area is 146 Å². The van der Waals surface area contributed by atoms with E-state index in [1.54, 1.807) is 18.4 Å². The number of nitrogens with one attached hydrogen (secondary N) is 2. The highest BCUT2D eigenvalue weighted by Crippen LogP contribution is 2.16. The Morgan fingerprint density at radius 2 is 2.00 bits per heavy atom. The van der Waals surface area contributed by atoms with Crippen molar-refractivity contribution in [2.45, 2.75) is 59.2 Å². The summed E-state index contributed by atoms with van der Waals surface area (Å²) in [5.74, 6) is 2.85. The van der Waals surface area contributed by atoms with Gasteiger partial charge in [0.2, 0.25) is 0 Å². The Hall–Kier alpha value is -1.96. The van der Waals surface area contributed by atoms with Crippen LogP contribution in [0.2, 0.25) is 0 Å². The van der Waals surface area contributed by atoms with E-state index in [4.69, 9.17) is 0 Å². The highest BCUT2D eigenvalue weighted by atomic mass is 32.1. The molecule has 2 N–H and O–H groups in total. The van der Waals surface area contributed by atoms with Crippen LogP contribution >= 0.6 is 11.3 Å². The Kier molecular flexibility index (Phi) is 5.44. The maximum absolute atomic E-state index is 4.54. The molecule has 3 rings (SSSR count). The summed E-state index contributed by atoms with van der Waals surface area (Å²) in [5.41, 5.74) is 1.10. The van der Waals surface area contributed by atoms with E-state index in [-0.39, 0.29) is 0 Å². The lowest BCUT2D eigenvalue weighted by molar-refractivity contribution is 0.596. The SMILES string of the molecule is CN=C(NCc1nc(C)c(C)s1)NCc1nnc2n1CCCCC2. The molecule has 130 valence electrons. The number of hydrogen-bond acceptors (Lipinski definition) is 5. The van der Waals surface area contributed by atoms with Crippen LogP contribution in [-0.4, -0.2) is 32.8 Å². The summed E-state index contributed by atoms with van der Waals surface area (Å²) in [4.78, 5) is 10.1. The lowest BCUT2D eigenvalue weighted by atomic mass is 10.2. The van der Waals surface area contributed by atoms with Crippen molar-refractivity contribution < 1.29 is 0 Å². The standard InChI is InChI=1S/C16H25N7S/c1-11-12(2)24-15(20-11)10-19-16(17-3)18-9-14-22-21-13-7-5-4-6-8-23(13)14/h4-10H2,1-3H3,(H2,17,18,19). The van der Waals surface area contributed by atoms with E-state index in [1.165, 1.54) is 24.1 Å². The minimum Gasteiger partial charge on any atom is -0.350 e. The minimum absolute atomic E-state index is 0.628. The maximum atomic E-state index is 4.54. The normalized spacial score (nSPS) is 15.0. The number of guanidine groups is 1. The smallest absolute Gasteiger partial charge is 0.191 e. The van der Waals surface area contributed by atoms with Crippen molar-refractivity contribution >= 4 is 17.3 Å². The summed E-state index contributed by atoms with van der Waals surface area (Å²) in [6.07, 6.45) is 4.71. The maximum Gasteiger partial charge on any atom is 0.191 e. The number of rotatable bonds is 4. The molecule has 3 heterocycles. The summed E-state index contributed by atoms with van der Waals surface area (Å²) < 4.78 is 2.25. The molecule has 0 bridgehead atoms. The van der Waals surface area contributed by atoms with Gasteiger partial charge in [-0.2, -0.15) is 0 Å². The molecule has 2 aromatic rings. The van der Waals surface area contributed by atoms with Gasteiger partial charge in [0.15, 0.2) is 11.8 Å². The van der Waals surface area contributed by atoms with Crippen molar-refractivity contribution in [1.29, 1.82) is 0 Å². The van der Waals surface area contributed by atoms with Crippen molar-refractivity contribution in [2.75, 3.05) is 7.05 Å². The molecular formula is C16H25N7S. The molecule has 1 aliphatic heterocycles. The van der Waals surface area contributed by atoms with E-state index in [0.717, 1.165) is 41.3 Å². The van der Waals surface area contributed by atoms with Crippen molar-refractivity contribution in [3.8, 4) is 0 Å². The fourth-order valence-corrected chi connectivity index (χ4v) is 3.71. The lowest BCUT2D eigenvalue weighted by Gasteiger charge is -2.12. The second-order valence-corrected chi connectivity index (χ2v) is 7.31. The summed E-state index contributed by atoms with van der Waals surface area (Å²) >= 11 is 1.72. The Balaban J connectivity index is 1.55. The highest BCUT2D eigenvalue weighted by molar-refractivity contribution is 7.11. The van der Waals surface area contributed by atoms with Crippen molar-refractivity contribution in [1.82, 2.24) is 30.4 Å². The zero-order valence-corrected chi connectivity index (χ0v) is 15.4. The van der Waals surface area contributed by atoms with Crippen molar-refractivity contribution in [3.63, 3.8) is 0 Å². The number of fused-ring (bicyclic) bond motifs is 1. The first-order valence-corrected chi connectivity index (χ1v) is 9.27. The third-order valence-electron chi connectivity index (χ3n) is 4.30. The van der Waals surface area contributed by atoms with Gasteiger partial charge in [0.05, 0.1) is 18.8 Å². The molecule has 0 saturated carbocycles. The summed E-state index contributed by atoms with van der Waals surface area (Å²) in [5, 5.41) is 16.4. The van der Waals surface area contributed by atoms with Crippen LogP contribution in [0.1, 0.15) is 46.5 Å². The molecule has 0 fully saturated rings. The fourth-order valence-electron chi connectivity index (χ4n) is 2.83. The van der Waals surface area contributed by atoms with E-state index in [2.05, 4.69) is 42.3 Å². The zero-order chi connectivity index (χ0) is 16.9. The zero-order valence-electron chi connectivity index (χ0n) is 14.6. The second-order valence-electron chi connectivity index (χ2n) is 6.02. The van der Waals surface area contributed by atoms with E-state index >= 15 is 0 Å². The molecule has 0 saturated heterocycles.